The lowest BCUT2D eigenvalue weighted by Gasteiger charge is -2.27. The number of aryl methyl sites for hydroxylation is 1. The number of aromatic nitrogens is 2. The van der Waals surface area contributed by atoms with Crippen molar-refractivity contribution in [1.29, 1.82) is 0 Å². The normalized spacial score (nSPS) is 17.2. The second-order valence-electron chi connectivity index (χ2n) is 5.60. The largest absolute Gasteiger partial charge is 0.481 e. The summed E-state index contributed by atoms with van der Waals surface area (Å²) in [7, 11) is 0. The highest BCUT2D eigenvalue weighted by Crippen LogP contribution is 2.30. The van der Waals surface area contributed by atoms with E-state index in [4.69, 9.17) is 0 Å². The van der Waals surface area contributed by atoms with Crippen LogP contribution in [-0.4, -0.2) is 33.5 Å². The minimum Gasteiger partial charge on any atom is -0.481 e. The van der Waals surface area contributed by atoms with E-state index in [9.17, 15) is 14.7 Å². The van der Waals surface area contributed by atoms with Gasteiger partial charge in [-0.15, -0.1) is 0 Å². The monoisotopic (exact) mass is 291 g/mol. The van der Waals surface area contributed by atoms with Crippen molar-refractivity contribution in [1.82, 2.24) is 15.3 Å². The molecule has 1 atom stereocenters. The molecule has 0 aromatic carbocycles. The van der Waals surface area contributed by atoms with Gasteiger partial charge >= 0.3 is 5.97 Å². The zero-order valence-electron chi connectivity index (χ0n) is 12.2. The molecule has 1 aliphatic carbocycles. The molecule has 1 unspecified atom stereocenters. The third-order valence-corrected chi connectivity index (χ3v) is 4.06. The second kappa shape index (κ2) is 7.15. The zero-order valence-corrected chi connectivity index (χ0v) is 12.2. The van der Waals surface area contributed by atoms with Crippen molar-refractivity contribution < 1.29 is 14.7 Å². The van der Waals surface area contributed by atoms with Gasteiger partial charge in [0.15, 0.2) is 0 Å². The molecule has 2 N–H and O–H groups in total. The van der Waals surface area contributed by atoms with Crippen molar-refractivity contribution in [2.45, 2.75) is 39.0 Å². The highest BCUT2D eigenvalue weighted by Gasteiger charge is 2.29. The number of hydrogen-bond acceptors (Lipinski definition) is 4. The lowest BCUT2D eigenvalue weighted by Crippen LogP contribution is -2.38. The highest BCUT2D eigenvalue weighted by atomic mass is 16.4. The van der Waals surface area contributed by atoms with E-state index in [1.54, 1.807) is 13.0 Å². The van der Waals surface area contributed by atoms with Gasteiger partial charge in [-0.1, -0.05) is 19.3 Å². The van der Waals surface area contributed by atoms with E-state index in [2.05, 4.69) is 15.3 Å². The third-order valence-electron chi connectivity index (χ3n) is 4.06. The number of hydrogen-bond donors (Lipinski definition) is 2. The zero-order chi connectivity index (χ0) is 15.2. The van der Waals surface area contributed by atoms with Gasteiger partial charge in [0.2, 0.25) is 0 Å². The van der Waals surface area contributed by atoms with E-state index >= 15 is 0 Å². The summed E-state index contributed by atoms with van der Waals surface area (Å²) >= 11 is 0. The first kappa shape index (κ1) is 15.4. The van der Waals surface area contributed by atoms with E-state index in [1.807, 2.05) is 0 Å². The minimum atomic E-state index is -0.832. The summed E-state index contributed by atoms with van der Waals surface area (Å²) in [6, 6.07) is 1.59. The average molecular weight is 291 g/mol. The first-order chi connectivity index (χ1) is 10.1. The van der Waals surface area contributed by atoms with Crippen LogP contribution in [0.15, 0.2) is 12.4 Å². The van der Waals surface area contributed by atoms with Gasteiger partial charge in [0.05, 0.1) is 5.92 Å². The Bertz CT molecular complexity index is 513. The van der Waals surface area contributed by atoms with Crippen molar-refractivity contribution in [3.05, 3.63) is 23.8 Å². The van der Waals surface area contributed by atoms with E-state index in [1.165, 1.54) is 12.7 Å². The van der Waals surface area contributed by atoms with Crippen LogP contribution in [0, 0.1) is 18.8 Å². The molecular weight excluding hydrogens is 270 g/mol. The fourth-order valence-electron chi connectivity index (χ4n) is 2.86. The summed E-state index contributed by atoms with van der Waals surface area (Å²) in [6.07, 6.45) is 6.52. The van der Waals surface area contributed by atoms with E-state index in [-0.39, 0.29) is 24.1 Å². The van der Waals surface area contributed by atoms with Crippen LogP contribution in [0.5, 0.6) is 0 Å². The summed E-state index contributed by atoms with van der Waals surface area (Å²) in [5, 5.41) is 12.1. The molecule has 1 heterocycles. The number of carbonyl (C=O) groups excluding carboxylic acids is 1. The SMILES string of the molecule is Cc1cc(C(=O)NCC(C(=O)O)C2CCCCC2)ncn1. The number of nitrogens with one attached hydrogen (secondary N) is 1. The Labute approximate surface area is 124 Å². The van der Waals surface area contributed by atoms with E-state index in [0.717, 1.165) is 25.7 Å². The van der Waals surface area contributed by atoms with Gasteiger partial charge in [-0.05, 0) is 31.7 Å². The molecule has 114 valence electrons. The molecule has 0 radical (unpaired) electrons. The number of amides is 1. The van der Waals surface area contributed by atoms with E-state index < -0.39 is 11.9 Å². The number of aliphatic carboxylic acids is 1. The standard InChI is InChI=1S/C15H21N3O3/c1-10-7-13(18-9-17-10)14(19)16-8-12(15(20)21)11-5-3-2-4-6-11/h7,9,11-12H,2-6,8H2,1H3,(H,16,19)(H,20,21). The predicted octanol–water partition coefficient (Wildman–Crippen LogP) is 1.80. The Morgan fingerprint density at radius 2 is 2.05 bits per heavy atom. The van der Waals surface area contributed by atoms with Crippen LogP contribution in [-0.2, 0) is 4.79 Å². The fourth-order valence-corrected chi connectivity index (χ4v) is 2.86. The number of carboxylic acid groups (broad SMARTS) is 1. The first-order valence-corrected chi connectivity index (χ1v) is 7.37. The number of nitrogens with zero attached hydrogens (tertiary/aromatic N) is 2. The smallest absolute Gasteiger partial charge is 0.308 e. The molecule has 1 aromatic heterocycles. The Morgan fingerprint density at radius 1 is 1.33 bits per heavy atom. The highest BCUT2D eigenvalue weighted by molar-refractivity contribution is 5.92. The molecule has 6 nitrogen and oxygen atoms in total. The Hall–Kier alpha value is -1.98. The molecular formula is C15H21N3O3. The Morgan fingerprint density at radius 3 is 2.67 bits per heavy atom. The third kappa shape index (κ3) is 4.24. The van der Waals surface area contributed by atoms with Crippen LogP contribution in [0.2, 0.25) is 0 Å². The molecule has 1 aliphatic rings. The van der Waals surface area contributed by atoms with Gasteiger partial charge in [0.1, 0.15) is 12.0 Å². The van der Waals surface area contributed by atoms with Crippen molar-refractivity contribution >= 4 is 11.9 Å². The molecule has 21 heavy (non-hydrogen) atoms. The fraction of sp³-hybridized carbons (Fsp3) is 0.600. The number of carbonyl (C=O) groups is 2. The number of carboxylic acids is 1. The van der Waals surface area contributed by atoms with Crippen molar-refractivity contribution in [3.8, 4) is 0 Å². The maximum Gasteiger partial charge on any atom is 0.308 e. The van der Waals surface area contributed by atoms with E-state index in [0.29, 0.717) is 5.69 Å². The van der Waals surface area contributed by atoms with Crippen molar-refractivity contribution in [3.63, 3.8) is 0 Å². The summed E-state index contributed by atoms with van der Waals surface area (Å²) in [6.45, 7) is 1.93. The van der Waals surface area contributed by atoms with Crippen LogP contribution >= 0.6 is 0 Å². The van der Waals surface area contributed by atoms with Gasteiger partial charge in [0.25, 0.3) is 5.91 Å². The summed E-state index contributed by atoms with van der Waals surface area (Å²) in [5.41, 5.74) is 0.979. The van der Waals surface area contributed by atoms with Gasteiger partial charge in [-0.25, -0.2) is 9.97 Å². The molecule has 2 rings (SSSR count). The van der Waals surface area contributed by atoms with Gasteiger partial charge < -0.3 is 10.4 Å². The minimum absolute atomic E-state index is 0.155. The molecule has 0 aliphatic heterocycles. The maximum atomic E-state index is 12.0. The lowest BCUT2D eigenvalue weighted by atomic mass is 9.80. The summed E-state index contributed by atoms with van der Waals surface area (Å²) < 4.78 is 0. The van der Waals surface area contributed by atoms with Gasteiger partial charge in [-0.3, -0.25) is 9.59 Å². The summed E-state index contributed by atoms with van der Waals surface area (Å²) in [4.78, 5) is 31.3. The Kier molecular flexibility index (Phi) is 5.25. The first-order valence-electron chi connectivity index (χ1n) is 7.37. The predicted molar refractivity (Wildman–Crippen MR) is 76.8 cm³/mol. The average Bonchev–Trinajstić information content (AvgIpc) is 2.48. The molecule has 1 saturated carbocycles. The molecule has 1 fully saturated rings. The van der Waals surface area contributed by atoms with Crippen molar-refractivity contribution in [2.24, 2.45) is 11.8 Å². The maximum absolute atomic E-state index is 12.0. The van der Waals surface area contributed by atoms with Crippen LogP contribution < -0.4 is 5.32 Å². The molecule has 0 saturated heterocycles. The molecule has 0 bridgehead atoms. The van der Waals surface area contributed by atoms with Gasteiger partial charge in [-0.2, -0.15) is 0 Å². The molecule has 1 amide bonds. The molecule has 6 heteroatoms. The van der Waals surface area contributed by atoms with Gasteiger partial charge in [0, 0.05) is 12.2 Å². The van der Waals surface area contributed by atoms with Crippen LogP contribution in [0.1, 0.15) is 48.3 Å². The van der Waals surface area contributed by atoms with Crippen LogP contribution in [0.4, 0.5) is 0 Å². The van der Waals surface area contributed by atoms with Crippen LogP contribution in [0.3, 0.4) is 0 Å². The topological polar surface area (TPSA) is 92.2 Å². The lowest BCUT2D eigenvalue weighted by molar-refractivity contribution is -0.143. The summed E-state index contributed by atoms with van der Waals surface area (Å²) in [5.74, 6) is -1.54. The number of rotatable bonds is 5. The molecule has 0 spiro atoms. The molecule has 1 aromatic rings. The van der Waals surface area contributed by atoms with Crippen molar-refractivity contribution in [2.75, 3.05) is 6.54 Å². The second-order valence-corrected chi connectivity index (χ2v) is 5.60. The Balaban J connectivity index is 1.95. The quantitative estimate of drug-likeness (QED) is 0.863. The van der Waals surface area contributed by atoms with Crippen LogP contribution in [0.25, 0.3) is 0 Å².